The van der Waals surface area contributed by atoms with E-state index < -0.39 is 0 Å². The fourth-order valence-electron chi connectivity index (χ4n) is 5.01. The lowest BCUT2D eigenvalue weighted by Crippen LogP contribution is -2.43. The molecule has 0 saturated carbocycles. The second-order valence-corrected chi connectivity index (χ2v) is 8.23. The first kappa shape index (κ1) is 20.4. The Morgan fingerprint density at radius 2 is 2.00 bits per heavy atom. The van der Waals surface area contributed by atoms with Crippen LogP contribution in [0.5, 0.6) is 0 Å². The number of piperidine rings is 1. The molecule has 1 amide bonds. The van der Waals surface area contributed by atoms with Crippen LogP contribution in [0.4, 0.5) is 0 Å². The Morgan fingerprint density at radius 1 is 1.26 bits per heavy atom. The predicted molar refractivity (Wildman–Crippen MR) is 106 cm³/mol. The summed E-state index contributed by atoms with van der Waals surface area (Å²) in [7, 11) is 3.50. The third-order valence-corrected chi connectivity index (χ3v) is 6.60. The molecule has 1 atom stereocenters. The predicted octanol–water partition coefficient (Wildman–Crippen LogP) is 2.23. The summed E-state index contributed by atoms with van der Waals surface area (Å²) in [5.41, 5.74) is 3.28. The van der Waals surface area contributed by atoms with Gasteiger partial charge in [0.2, 0.25) is 0 Å². The summed E-state index contributed by atoms with van der Waals surface area (Å²) in [6.45, 7) is 10.3. The molecule has 0 aromatic carbocycles. The number of rotatable bonds is 7. The molecule has 1 spiro atoms. The maximum absolute atomic E-state index is 13.4. The van der Waals surface area contributed by atoms with Crippen LogP contribution >= 0.6 is 0 Å². The summed E-state index contributed by atoms with van der Waals surface area (Å²) in [5, 5.41) is 3.46. The molecule has 1 aromatic rings. The van der Waals surface area contributed by atoms with Gasteiger partial charge in [-0.15, -0.1) is 0 Å². The molecule has 27 heavy (non-hydrogen) atoms. The maximum atomic E-state index is 13.4. The van der Waals surface area contributed by atoms with Crippen LogP contribution in [-0.2, 0) is 16.0 Å². The topological polar surface area (TPSA) is 55.7 Å². The molecule has 1 aromatic heterocycles. The molecule has 2 aliphatic rings. The lowest BCUT2D eigenvalue weighted by atomic mass is 9.71. The van der Waals surface area contributed by atoms with Crippen LogP contribution in [0.1, 0.15) is 41.0 Å². The second kappa shape index (κ2) is 8.76. The standard InChI is InChI=1S/C21H35N3O3/c1-16-12-19(17(2)24(16)10-5-11-26-3)20(25)23-13-18(14-27-4)21(15-23)6-8-22-9-7-21/h12,18,22H,5-11,13-15H2,1-4H3. The Bertz CT molecular complexity index is 649. The van der Waals surface area contributed by atoms with Crippen molar-refractivity contribution in [1.29, 1.82) is 0 Å². The highest BCUT2D eigenvalue weighted by Gasteiger charge is 2.48. The number of carbonyl (C=O) groups is 1. The zero-order valence-corrected chi connectivity index (χ0v) is 17.3. The van der Waals surface area contributed by atoms with E-state index in [0.29, 0.717) is 5.92 Å². The lowest BCUT2D eigenvalue weighted by molar-refractivity contribution is 0.0701. The molecule has 152 valence electrons. The van der Waals surface area contributed by atoms with Gasteiger partial charge in [-0.2, -0.15) is 0 Å². The summed E-state index contributed by atoms with van der Waals surface area (Å²) < 4.78 is 12.9. The number of nitrogens with zero attached hydrogens (tertiary/aromatic N) is 2. The van der Waals surface area contributed by atoms with Crippen molar-refractivity contribution in [2.45, 2.75) is 39.7 Å². The van der Waals surface area contributed by atoms with Crippen molar-refractivity contribution in [2.24, 2.45) is 11.3 Å². The van der Waals surface area contributed by atoms with Gasteiger partial charge in [-0.1, -0.05) is 0 Å². The van der Waals surface area contributed by atoms with E-state index in [1.54, 1.807) is 14.2 Å². The maximum Gasteiger partial charge on any atom is 0.255 e. The highest BCUT2D eigenvalue weighted by atomic mass is 16.5. The van der Waals surface area contributed by atoms with Crippen molar-refractivity contribution < 1.29 is 14.3 Å². The molecule has 2 saturated heterocycles. The number of likely N-dealkylation sites (tertiary alicyclic amines) is 1. The molecule has 2 aliphatic heterocycles. The van der Waals surface area contributed by atoms with Crippen LogP contribution in [0.15, 0.2) is 6.07 Å². The van der Waals surface area contributed by atoms with Gasteiger partial charge in [-0.25, -0.2) is 0 Å². The van der Waals surface area contributed by atoms with Crippen molar-refractivity contribution in [3.8, 4) is 0 Å². The van der Waals surface area contributed by atoms with Gasteiger partial charge in [0.1, 0.15) is 0 Å². The number of hydrogen-bond acceptors (Lipinski definition) is 4. The van der Waals surface area contributed by atoms with Crippen molar-refractivity contribution in [3.05, 3.63) is 23.0 Å². The highest BCUT2D eigenvalue weighted by molar-refractivity contribution is 5.96. The Labute approximate surface area is 163 Å². The van der Waals surface area contributed by atoms with E-state index in [4.69, 9.17) is 9.47 Å². The average Bonchev–Trinajstić information content (AvgIpc) is 3.14. The fraction of sp³-hybridized carbons (Fsp3) is 0.762. The number of hydrogen-bond donors (Lipinski definition) is 1. The molecule has 3 heterocycles. The Balaban J connectivity index is 1.77. The quantitative estimate of drug-likeness (QED) is 0.741. The first-order valence-corrected chi connectivity index (χ1v) is 10.2. The first-order valence-electron chi connectivity index (χ1n) is 10.2. The number of nitrogens with one attached hydrogen (secondary N) is 1. The zero-order chi connectivity index (χ0) is 19.4. The van der Waals surface area contributed by atoms with E-state index >= 15 is 0 Å². The molecule has 6 heteroatoms. The SMILES string of the molecule is COCCCn1c(C)cc(C(=O)N2CC(COC)C3(CCNCC3)C2)c1C. The van der Waals surface area contributed by atoms with Crippen LogP contribution in [-0.4, -0.2) is 69.0 Å². The number of carbonyl (C=O) groups excluding carboxylic acids is 1. The summed E-state index contributed by atoms with van der Waals surface area (Å²) in [4.78, 5) is 15.5. The summed E-state index contributed by atoms with van der Waals surface area (Å²) in [6, 6.07) is 2.06. The van der Waals surface area contributed by atoms with Crippen LogP contribution in [0.25, 0.3) is 0 Å². The minimum Gasteiger partial charge on any atom is -0.385 e. The lowest BCUT2D eigenvalue weighted by Gasteiger charge is -2.38. The third-order valence-electron chi connectivity index (χ3n) is 6.60. The average molecular weight is 378 g/mol. The molecule has 3 rings (SSSR count). The van der Waals surface area contributed by atoms with Gasteiger partial charge >= 0.3 is 0 Å². The number of aryl methyl sites for hydroxylation is 1. The molecule has 1 unspecified atom stereocenters. The van der Waals surface area contributed by atoms with E-state index in [2.05, 4.69) is 34.7 Å². The molecule has 1 N–H and O–H groups in total. The molecule has 2 fully saturated rings. The van der Waals surface area contributed by atoms with E-state index in [1.807, 2.05) is 0 Å². The molecule has 0 radical (unpaired) electrons. The largest absolute Gasteiger partial charge is 0.385 e. The van der Waals surface area contributed by atoms with Crippen LogP contribution in [0.2, 0.25) is 0 Å². The van der Waals surface area contributed by atoms with Gasteiger partial charge in [-0.05, 0) is 57.7 Å². The number of aromatic nitrogens is 1. The molecule has 0 bridgehead atoms. The smallest absolute Gasteiger partial charge is 0.255 e. The number of methoxy groups -OCH3 is 2. The summed E-state index contributed by atoms with van der Waals surface area (Å²) >= 11 is 0. The van der Waals surface area contributed by atoms with Gasteiger partial charge < -0.3 is 24.3 Å². The van der Waals surface area contributed by atoms with Crippen molar-refractivity contribution >= 4 is 5.91 Å². The fourth-order valence-corrected chi connectivity index (χ4v) is 5.01. The van der Waals surface area contributed by atoms with E-state index in [1.165, 1.54) is 0 Å². The number of amides is 1. The third kappa shape index (κ3) is 4.08. The Morgan fingerprint density at radius 3 is 2.67 bits per heavy atom. The van der Waals surface area contributed by atoms with Crippen molar-refractivity contribution in [1.82, 2.24) is 14.8 Å². The molecule has 6 nitrogen and oxygen atoms in total. The summed E-state index contributed by atoms with van der Waals surface area (Å²) in [6.07, 6.45) is 3.21. The van der Waals surface area contributed by atoms with Gasteiger partial charge in [0.05, 0.1) is 12.2 Å². The van der Waals surface area contributed by atoms with E-state index in [0.717, 1.165) is 82.2 Å². The van der Waals surface area contributed by atoms with E-state index in [-0.39, 0.29) is 11.3 Å². The van der Waals surface area contributed by atoms with Gasteiger partial charge in [0.15, 0.2) is 0 Å². The first-order chi connectivity index (χ1) is 13.0. The van der Waals surface area contributed by atoms with Crippen LogP contribution < -0.4 is 5.32 Å². The van der Waals surface area contributed by atoms with Crippen LogP contribution in [0, 0.1) is 25.2 Å². The van der Waals surface area contributed by atoms with Crippen LogP contribution in [0.3, 0.4) is 0 Å². The molecule has 0 aliphatic carbocycles. The summed E-state index contributed by atoms with van der Waals surface area (Å²) in [5.74, 6) is 0.608. The molecular formula is C21H35N3O3. The second-order valence-electron chi connectivity index (χ2n) is 8.23. The van der Waals surface area contributed by atoms with Crippen molar-refractivity contribution in [3.63, 3.8) is 0 Å². The van der Waals surface area contributed by atoms with Gasteiger partial charge in [0.25, 0.3) is 5.91 Å². The minimum atomic E-state index is 0.178. The number of ether oxygens (including phenoxy) is 2. The minimum absolute atomic E-state index is 0.178. The zero-order valence-electron chi connectivity index (χ0n) is 17.3. The monoisotopic (exact) mass is 377 g/mol. The highest BCUT2D eigenvalue weighted by Crippen LogP contribution is 2.44. The van der Waals surface area contributed by atoms with Gasteiger partial charge in [-0.3, -0.25) is 4.79 Å². The van der Waals surface area contributed by atoms with E-state index in [9.17, 15) is 4.79 Å². The molecular weight excluding hydrogens is 342 g/mol. The van der Waals surface area contributed by atoms with Crippen molar-refractivity contribution in [2.75, 3.05) is 53.6 Å². The van der Waals surface area contributed by atoms with Gasteiger partial charge in [0, 0.05) is 57.8 Å². The normalized spacial score (nSPS) is 21.9. The Hall–Kier alpha value is -1.37. The Kier molecular flexibility index (Phi) is 6.61.